The van der Waals surface area contributed by atoms with Gasteiger partial charge in [-0.15, -0.1) is 0 Å². The predicted octanol–water partition coefficient (Wildman–Crippen LogP) is 6.41. The topological polar surface area (TPSA) is 97.4 Å². The number of likely N-dealkylation sites (tertiary alicyclic amines) is 1. The van der Waals surface area contributed by atoms with Gasteiger partial charge in [0.25, 0.3) is 0 Å². The van der Waals surface area contributed by atoms with Gasteiger partial charge >= 0.3 is 6.18 Å². The molecule has 15 heteroatoms. The monoisotopic (exact) mass is 731 g/mol. The molecule has 276 valence electrons. The lowest BCUT2D eigenvalue weighted by molar-refractivity contribution is -0.137. The van der Waals surface area contributed by atoms with Crippen LogP contribution in [0.5, 0.6) is 0 Å². The first-order valence-corrected chi connectivity index (χ1v) is 17.3. The van der Waals surface area contributed by atoms with Crippen molar-refractivity contribution in [2.24, 2.45) is 0 Å². The standard InChI is InChI=1S/C38H38F5N9O/c1-48(2)15-6-8-30(53)51-16-12-23(17-22(51)11-13-44)52-21-46-35-36(52)27-18-28(38(41,42)43)31(26-9-10-29(39)25-7-5-14-45-33(25)26)32(40)34(27)47-37(35)50-19-24(20-50)49(3)4/h5-10,14,18,21-24H,11-12,15-17,19-20H2,1-4H3/b8-6+/t22-,23+/m1/s1. The molecule has 2 saturated heterocycles. The van der Waals surface area contributed by atoms with Crippen LogP contribution >= 0.6 is 0 Å². The predicted molar refractivity (Wildman–Crippen MR) is 192 cm³/mol. The van der Waals surface area contributed by atoms with Gasteiger partial charge in [0.05, 0.1) is 35.4 Å². The highest BCUT2D eigenvalue weighted by Gasteiger charge is 2.40. The van der Waals surface area contributed by atoms with E-state index in [0.29, 0.717) is 50.4 Å². The average Bonchev–Trinajstić information content (AvgIpc) is 3.54. The molecule has 3 aromatic heterocycles. The van der Waals surface area contributed by atoms with E-state index in [2.05, 4.69) is 16.0 Å². The first-order valence-electron chi connectivity index (χ1n) is 17.3. The number of piperidine rings is 1. The summed E-state index contributed by atoms with van der Waals surface area (Å²) in [5.74, 6) is -1.79. The van der Waals surface area contributed by atoms with Crippen molar-refractivity contribution >= 4 is 44.6 Å². The summed E-state index contributed by atoms with van der Waals surface area (Å²) in [6.07, 6.45) is 1.90. The largest absolute Gasteiger partial charge is 0.417 e. The number of likely N-dealkylation sites (N-methyl/N-ethyl adjacent to an activating group) is 2. The van der Waals surface area contributed by atoms with Crippen LogP contribution in [0.3, 0.4) is 0 Å². The zero-order chi connectivity index (χ0) is 37.8. The maximum Gasteiger partial charge on any atom is 0.417 e. The normalized spacial score (nSPS) is 18.6. The molecule has 0 spiro atoms. The van der Waals surface area contributed by atoms with Crippen molar-refractivity contribution < 1.29 is 26.7 Å². The number of nitrogens with zero attached hydrogens (tertiary/aromatic N) is 9. The van der Waals surface area contributed by atoms with E-state index in [1.54, 1.807) is 15.5 Å². The number of imidazole rings is 1. The summed E-state index contributed by atoms with van der Waals surface area (Å²) >= 11 is 0. The number of hydrogen-bond donors (Lipinski definition) is 0. The Morgan fingerprint density at radius 1 is 1.06 bits per heavy atom. The molecule has 0 unspecified atom stereocenters. The Hall–Kier alpha value is -5.20. The van der Waals surface area contributed by atoms with E-state index < -0.39 is 35.0 Å². The van der Waals surface area contributed by atoms with E-state index in [1.807, 2.05) is 42.9 Å². The van der Waals surface area contributed by atoms with Crippen molar-refractivity contribution in [3.05, 3.63) is 72.2 Å². The SMILES string of the molecule is CN(C)C/C=C/C(=O)N1CC[C@H](n2cnc3c(N4CC(N(C)C)C4)nc4c(F)c(-c5ccc(F)c6cccnc56)c(C(F)(F)F)cc4c32)C[C@H]1CC#N. The number of amides is 1. The minimum atomic E-state index is -5.02. The number of nitriles is 1. The molecule has 2 fully saturated rings. The zero-order valence-electron chi connectivity index (χ0n) is 29.7. The fourth-order valence-corrected chi connectivity index (χ4v) is 7.49. The van der Waals surface area contributed by atoms with Crippen LogP contribution in [0.25, 0.3) is 44.0 Å². The van der Waals surface area contributed by atoms with Gasteiger partial charge in [0, 0.05) is 78.5 Å². The van der Waals surface area contributed by atoms with Crippen molar-refractivity contribution in [2.75, 3.05) is 59.3 Å². The minimum Gasteiger partial charge on any atom is -0.351 e. The quantitative estimate of drug-likeness (QED) is 0.134. The molecule has 0 bridgehead atoms. The lowest BCUT2D eigenvalue weighted by Gasteiger charge is -2.43. The molecule has 0 aliphatic carbocycles. The van der Waals surface area contributed by atoms with Crippen LogP contribution in [0.4, 0.5) is 27.8 Å². The zero-order valence-corrected chi connectivity index (χ0v) is 29.7. The third kappa shape index (κ3) is 6.54. The van der Waals surface area contributed by atoms with Crippen LogP contribution in [0.2, 0.25) is 0 Å². The third-order valence-electron chi connectivity index (χ3n) is 10.3. The highest BCUT2D eigenvalue weighted by Crippen LogP contribution is 2.46. The van der Waals surface area contributed by atoms with Crippen LogP contribution in [0.1, 0.15) is 30.9 Å². The molecule has 2 atom stereocenters. The van der Waals surface area contributed by atoms with Crippen LogP contribution in [0.15, 0.2) is 55.0 Å². The van der Waals surface area contributed by atoms with Crippen LogP contribution in [-0.2, 0) is 11.0 Å². The molecule has 5 aromatic rings. The second-order valence-electron chi connectivity index (χ2n) is 14.2. The number of carbonyl (C=O) groups is 1. The lowest BCUT2D eigenvalue weighted by Crippen LogP contribution is -2.57. The van der Waals surface area contributed by atoms with E-state index in [-0.39, 0.29) is 57.3 Å². The van der Waals surface area contributed by atoms with E-state index in [1.165, 1.54) is 30.7 Å². The van der Waals surface area contributed by atoms with Gasteiger partial charge in [0.1, 0.15) is 16.9 Å². The molecule has 0 radical (unpaired) electrons. The van der Waals surface area contributed by atoms with Gasteiger partial charge in [0.15, 0.2) is 11.6 Å². The Kier molecular flexibility index (Phi) is 9.54. The highest BCUT2D eigenvalue weighted by molar-refractivity contribution is 6.10. The molecule has 10 nitrogen and oxygen atoms in total. The molecule has 1 amide bonds. The third-order valence-corrected chi connectivity index (χ3v) is 10.3. The van der Waals surface area contributed by atoms with Gasteiger partial charge in [-0.1, -0.05) is 6.08 Å². The second kappa shape index (κ2) is 14.0. The summed E-state index contributed by atoms with van der Waals surface area (Å²) < 4.78 is 79.0. The fourth-order valence-electron chi connectivity index (χ4n) is 7.49. The molecular formula is C38H38F5N9O. The van der Waals surface area contributed by atoms with Crippen molar-refractivity contribution in [2.45, 2.75) is 43.6 Å². The first-order chi connectivity index (χ1) is 25.3. The van der Waals surface area contributed by atoms with Crippen LogP contribution < -0.4 is 4.90 Å². The Morgan fingerprint density at radius 2 is 1.83 bits per heavy atom. The van der Waals surface area contributed by atoms with Gasteiger partial charge in [-0.05, 0) is 71.4 Å². The Labute approximate surface area is 302 Å². The van der Waals surface area contributed by atoms with E-state index in [9.17, 15) is 14.4 Å². The van der Waals surface area contributed by atoms with Gasteiger partial charge in [-0.2, -0.15) is 18.4 Å². The van der Waals surface area contributed by atoms with Gasteiger partial charge in [-0.3, -0.25) is 9.78 Å². The highest BCUT2D eigenvalue weighted by atomic mass is 19.4. The Bertz CT molecular complexity index is 2290. The molecule has 2 aliphatic rings. The molecule has 53 heavy (non-hydrogen) atoms. The maximum absolute atomic E-state index is 17.2. The van der Waals surface area contributed by atoms with Crippen LogP contribution in [-0.4, -0.2) is 107 Å². The second-order valence-corrected chi connectivity index (χ2v) is 14.2. The first kappa shape index (κ1) is 36.2. The Morgan fingerprint density at radius 3 is 2.53 bits per heavy atom. The number of carbonyl (C=O) groups excluding carboxylic acids is 1. The maximum atomic E-state index is 17.2. The number of halogens is 5. The number of anilines is 1. The number of fused-ring (bicyclic) bond motifs is 4. The van der Waals surface area contributed by atoms with E-state index >= 15 is 17.6 Å². The summed E-state index contributed by atoms with van der Waals surface area (Å²) in [5, 5.41) is 9.58. The molecule has 5 heterocycles. The summed E-state index contributed by atoms with van der Waals surface area (Å²) in [5.41, 5.74) is -2.03. The summed E-state index contributed by atoms with van der Waals surface area (Å²) in [6.45, 7) is 1.95. The number of pyridine rings is 2. The number of aromatic nitrogens is 4. The van der Waals surface area contributed by atoms with Crippen molar-refractivity contribution in [3.8, 4) is 17.2 Å². The van der Waals surface area contributed by atoms with Gasteiger partial charge < -0.3 is 24.2 Å². The molecule has 0 N–H and O–H groups in total. The summed E-state index contributed by atoms with van der Waals surface area (Å²) in [6, 6.07) is 7.38. The summed E-state index contributed by atoms with van der Waals surface area (Å²) in [7, 11) is 7.65. The molecule has 0 saturated carbocycles. The van der Waals surface area contributed by atoms with Gasteiger partial charge in [0.2, 0.25) is 5.91 Å². The number of rotatable bonds is 8. The van der Waals surface area contributed by atoms with E-state index in [0.717, 1.165) is 18.2 Å². The molecule has 7 rings (SSSR count). The molecule has 2 aromatic carbocycles. The number of benzene rings is 2. The van der Waals surface area contributed by atoms with Gasteiger partial charge in [-0.25, -0.2) is 18.7 Å². The smallest absolute Gasteiger partial charge is 0.351 e. The number of hydrogen-bond acceptors (Lipinski definition) is 8. The molecular weight excluding hydrogens is 693 g/mol. The van der Waals surface area contributed by atoms with Crippen molar-refractivity contribution in [1.82, 2.24) is 34.2 Å². The van der Waals surface area contributed by atoms with Crippen LogP contribution in [0, 0.1) is 23.0 Å². The Balaban J connectivity index is 1.42. The average molecular weight is 732 g/mol. The number of alkyl halides is 3. The van der Waals surface area contributed by atoms with E-state index in [4.69, 9.17) is 4.98 Å². The molecule has 2 aliphatic heterocycles. The summed E-state index contributed by atoms with van der Waals surface area (Å²) in [4.78, 5) is 34.3. The lowest BCUT2D eigenvalue weighted by atomic mass is 9.92. The van der Waals surface area contributed by atoms with Crippen molar-refractivity contribution in [1.29, 1.82) is 5.26 Å². The minimum absolute atomic E-state index is 0.0416. The van der Waals surface area contributed by atoms with Crippen molar-refractivity contribution in [3.63, 3.8) is 0 Å². The fraction of sp³-hybridized carbons (Fsp3) is 0.395.